The highest BCUT2D eigenvalue weighted by Crippen LogP contribution is 2.22. The molecule has 2 aromatic rings. The monoisotopic (exact) mass is 435 g/mol. The van der Waals surface area contributed by atoms with Gasteiger partial charge in [-0.1, -0.05) is 32.8 Å². The minimum atomic E-state index is -3.72. The Morgan fingerprint density at radius 1 is 1.03 bits per heavy atom. The number of hydrogen-bond donors (Lipinski definition) is 2. The molecule has 1 amide bonds. The number of thiophene rings is 1. The number of carbonyl (C=O) groups is 1. The Bertz CT molecular complexity index is 886. The first-order valence-corrected chi connectivity index (χ1v) is 12.4. The average Bonchev–Trinajstić information content (AvgIpc) is 3.11. The van der Waals surface area contributed by atoms with Crippen LogP contribution in [0.3, 0.4) is 0 Å². The number of nitrogens with one attached hydrogen (secondary N) is 2. The average molecular weight is 436 g/mol. The first-order valence-electron chi connectivity index (χ1n) is 10.1. The van der Waals surface area contributed by atoms with Crippen molar-refractivity contribution in [3.8, 4) is 0 Å². The van der Waals surface area contributed by atoms with Gasteiger partial charge < -0.3 is 10.2 Å². The Morgan fingerprint density at radius 3 is 2.24 bits per heavy atom. The van der Waals surface area contributed by atoms with E-state index in [2.05, 4.69) is 14.9 Å². The topological polar surface area (TPSA) is 78.5 Å². The van der Waals surface area contributed by atoms with Crippen LogP contribution in [-0.2, 0) is 14.8 Å². The highest BCUT2D eigenvalue weighted by molar-refractivity contribution is 7.91. The van der Waals surface area contributed by atoms with Crippen molar-refractivity contribution in [1.82, 2.24) is 4.72 Å². The second kappa shape index (κ2) is 9.73. The van der Waals surface area contributed by atoms with Crippen molar-refractivity contribution in [2.75, 3.05) is 23.3 Å². The molecule has 1 saturated heterocycles. The summed E-state index contributed by atoms with van der Waals surface area (Å²) in [7, 11) is -3.72. The van der Waals surface area contributed by atoms with Gasteiger partial charge in [0.25, 0.3) is 10.0 Å². The molecule has 29 heavy (non-hydrogen) atoms. The van der Waals surface area contributed by atoms with Crippen LogP contribution >= 0.6 is 11.3 Å². The van der Waals surface area contributed by atoms with E-state index in [-0.39, 0.29) is 16.0 Å². The molecule has 8 heteroatoms. The van der Waals surface area contributed by atoms with Gasteiger partial charge in [-0.2, -0.15) is 4.72 Å². The Morgan fingerprint density at radius 2 is 1.69 bits per heavy atom. The molecule has 2 N–H and O–H groups in total. The van der Waals surface area contributed by atoms with Gasteiger partial charge in [-0.15, -0.1) is 11.3 Å². The molecule has 1 atom stereocenters. The summed E-state index contributed by atoms with van der Waals surface area (Å²) in [5.74, 6) is -0.552. The minimum absolute atomic E-state index is 0.193. The highest BCUT2D eigenvalue weighted by atomic mass is 32.2. The Balaban J connectivity index is 1.66. The largest absolute Gasteiger partial charge is 0.372 e. The third kappa shape index (κ3) is 5.81. The fourth-order valence-electron chi connectivity index (χ4n) is 3.44. The van der Waals surface area contributed by atoms with E-state index in [9.17, 15) is 13.2 Å². The molecule has 0 aliphatic carbocycles. The fourth-order valence-corrected chi connectivity index (χ4v) is 5.79. The molecule has 2 heterocycles. The molecule has 1 aliphatic rings. The number of hydrogen-bond acceptors (Lipinski definition) is 5. The van der Waals surface area contributed by atoms with E-state index >= 15 is 0 Å². The molecule has 6 nitrogen and oxygen atoms in total. The van der Waals surface area contributed by atoms with E-state index in [0.717, 1.165) is 30.1 Å². The summed E-state index contributed by atoms with van der Waals surface area (Å²) in [5, 5.41) is 4.55. The summed E-state index contributed by atoms with van der Waals surface area (Å²) in [6.45, 7) is 5.77. The third-order valence-corrected chi connectivity index (χ3v) is 7.94. The van der Waals surface area contributed by atoms with E-state index in [1.54, 1.807) is 11.4 Å². The predicted octanol–water partition coefficient (Wildman–Crippen LogP) is 4.07. The van der Waals surface area contributed by atoms with Crippen LogP contribution in [0.15, 0.2) is 46.0 Å². The van der Waals surface area contributed by atoms with E-state index in [4.69, 9.17) is 0 Å². The fraction of sp³-hybridized carbons (Fsp3) is 0.476. The van der Waals surface area contributed by atoms with E-state index < -0.39 is 16.1 Å². The summed E-state index contributed by atoms with van der Waals surface area (Å²) in [5.41, 5.74) is 1.82. The molecule has 1 aromatic heterocycles. The molecule has 0 unspecified atom stereocenters. The number of sulfonamides is 1. The van der Waals surface area contributed by atoms with Crippen molar-refractivity contribution in [1.29, 1.82) is 0 Å². The molecule has 0 spiro atoms. The van der Waals surface area contributed by atoms with E-state index in [0.29, 0.717) is 5.69 Å². The van der Waals surface area contributed by atoms with Gasteiger partial charge in [-0.25, -0.2) is 8.42 Å². The lowest BCUT2D eigenvalue weighted by Crippen LogP contribution is -2.46. The summed E-state index contributed by atoms with van der Waals surface area (Å²) in [6, 6.07) is 10.1. The maximum Gasteiger partial charge on any atom is 0.250 e. The zero-order valence-electron chi connectivity index (χ0n) is 16.9. The summed E-state index contributed by atoms with van der Waals surface area (Å²) >= 11 is 1.13. The van der Waals surface area contributed by atoms with Crippen LogP contribution in [-0.4, -0.2) is 33.5 Å². The molecular weight excluding hydrogens is 406 g/mol. The lowest BCUT2D eigenvalue weighted by atomic mass is 10.0. The van der Waals surface area contributed by atoms with Crippen LogP contribution in [0.4, 0.5) is 11.4 Å². The maximum atomic E-state index is 12.8. The van der Waals surface area contributed by atoms with Crippen LogP contribution in [0.25, 0.3) is 0 Å². The quantitative estimate of drug-likeness (QED) is 0.687. The number of carbonyl (C=O) groups excluding carboxylic acids is 1. The number of nitrogens with zero attached hydrogens (tertiary/aromatic N) is 1. The Hall–Kier alpha value is -1.90. The molecule has 1 fully saturated rings. The van der Waals surface area contributed by atoms with Crippen LogP contribution in [0.5, 0.6) is 0 Å². The molecular formula is C21H29N3O3S2. The van der Waals surface area contributed by atoms with Crippen molar-refractivity contribution in [2.45, 2.75) is 49.8 Å². The molecule has 1 aliphatic heterocycles. The summed E-state index contributed by atoms with van der Waals surface area (Å²) in [6.07, 6.45) is 4.98. The second-order valence-corrected chi connectivity index (χ2v) is 10.6. The lowest BCUT2D eigenvalue weighted by Gasteiger charge is -2.23. The zero-order chi connectivity index (χ0) is 20.9. The second-order valence-electron chi connectivity index (χ2n) is 7.71. The van der Waals surface area contributed by atoms with Gasteiger partial charge in [-0.05, 0) is 54.5 Å². The normalized spacial score (nSPS) is 16.4. The Labute approximate surface area is 177 Å². The molecule has 0 bridgehead atoms. The smallest absolute Gasteiger partial charge is 0.250 e. The van der Waals surface area contributed by atoms with Crippen LogP contribution in [0.2, 0.25) is 0 Å². The SMILES string of the molecule is CC(C)[C@@H](NS(=O)(=O)c1cccs1)C(=O)Nc1ccc(N2CCCCCC2)cc1. The van der Waals surface area contributed by atoms with Gasteiger partial charge in [0.05, 0.1) is 0 Å². The highest BCUT2D eigenvalue weighted by Gasteiger charge is 2.29. The van der Waals surface area contributed by atoms with E-state index in [1.807, 2.05) is 38.1 Å². The van der Waals surface area contributed by atoms with Crippen molar-refractivity contribution in [3.05, 3.63) is 41.8 Å². The number of rotatable bonds is 7. The summed E-state index contributed by atoms with van der Waals surface area (Å²) < 4.78 is 27.8. The predicted molar refractivity (Wildman–Crippen MR) is 119 cm³/mol. The first kappa shape index (κ1) is 21.8. The lowest BCUT2D eigenvalue weighted by molar-refractivity contribution is -0.118. The molecule has 0 saturated carbocycles. The number of amides is 1. The van der Waals surface area contributed by atoms with Gasteiger partial charge in [0, 0.05) is 24.5 Å². The van der Waals surface area contributed by atoms with Crippen LogP contribution in [0.1, 0.15) is 39.5 Å². The number of benzene rings is 1. The van der Waals surface area contributed by atoms with Crippen molar-refractivity contribution in [2.24, 2.45) is 5.92 Å². The van der Waals surface area contributed by atoms with Gasteiger partial charge in [0.1, 0.15) is 10.3 Å². The molecule has 1 aromatic carbocycles. The van der Waals surface area contributed by atoms with Crippen LogP contribution < -0.4 is 14.9 Å². The summed E-state index contributed by atoms with van der Waals surface area (Å²) in [4.78, 5) is 15.2. The van der Waals surface area contributed by atoms with Gasteiger partial charge in [-0.3, -0.25) is 4.79 Å². The van der Waals surface area contributed by atoms with Gasteiger partial charge in [0.2, 0.25) is 5.91 Å². The number of anilines is 2. The standard InChI is InChI=1S/C21H29N3O3S2/c1-16(2)20(23-29(26,27)19-8-7-15-28-19)21(25)22-17-9-11-18(12-10-17)24-13-5-3-4-6-14-24/h7-12,15-16,20,23H,3-6,13-14H2,1-2H3,(H,22,25)/t20-/m1/s1. The van der Waals surface area contributed by atoms with Gasteiger partial charge in [0.15, 0.2) is 0 Å². The zero-order valence-corrected chi connectivity index (χ0v) is 18.6. The minimum Gasteiger partial charge on any atom is -0.372 e. The van der Waals surface area contributed by atoms with Crippen molar-refractivity contribution in [3.63, 3.8) is 0 Å². The molecule has 3 rings (SSSR count). The molecule has 0 radical (unpaired) electrons. The van der Waals surface area contributed by atoms with Gasteiger partial charge >= 0.3 is 0 Å². The molecule has 158 valence electrons. The third-order valence-electron chi connectivity index (χ3n) is 5.10. The van der Waals surface area contributed by atoms with Crippen LogP contribution in [0, 0.1) is 5.92 Å². The van der Waals surface area contributed by atoms with Crippen molar-refractivity contribution < 1.29 is 13.2 Å². The Kier molecular flexibility index (Phi) is 7.32. The van der Waals surface area contributed by atoms with Crippen molar-refractivity contribution >= 4 is 38.6 Å². The maximum absolute atomic E-state index is 12.8. The first-order chi connectivity index (χ1) is 13.9. The van der Waals surface area contributed by atoms with E-state index in [1.165, 1.54) is 31.7 Å².